The maximum Gasteiger partial charge on any atom is 0.0991 e. The fraction of sp³-hybridized carbons (Fsp3) is 0.250. The van der Waals surface area contributed by atoms with Gasteiger partial charge < -0.3 is 9.88 Å². The van der Waals surface area contributed by atoms with Gasteiger partial charge >= 0.3 is 0 Å². The van der Waals surface area contributed by atoms with E-state index in [1.165, 1.54) is 11.1 Å². The lowest BCUT2D eigenvalue weighted by Crippen LogP contribution is -2.12. The van der Waals surface area contributed by atoms with Gasteiger partial charge in [0.15, 0.2) is 0 Å². The van der Waals surface area contributed by atoms with Gasteiger partial charge in [-0.1, -0.05) is 12.1 Å². The minimum absolute atomic E-state index is 0.836. The molecule has 5 heteroatoms. The number of benzene rings is 1. The molecule has 3 rings (SSSR count). The predicted octanol–water partition coefficient (Wildman–Crippen LogP) is 2.20. The molecule has 2 heterocycles. The molecule has 0 bridgehead atoms. The average molecular weight is 281 g/mol. The van der Waals surface area contributed by atoms with Crippen LogP contribution in [0.25, 0.3) is 5.69 Å². The summed E-state index contributed by atoms with van der Waals surface area (Å²) in [5.41, 5.74) is 4.72. The number of hydrogen-bond donors (Lipinski definition) is 1. The monoisotopic (exact) mass is 281 g/mol. The van der Waals surface area contributed by atoms with Crippen LogP contribution < -0.4 is 5.32 Å². The summed E-state index contributed by atoms with van der Waals surface area (Å²) in [4.78, 5) is 4.06. The van der Waals surface area contributed by atoms with E-state index in [9.17, 15) is 0 Å². The Balaban J connectivity index is 1.57. The zero-order valence-corrected chi connectivity index (χ0v) is 12.3. The number of nitrogens with one attached hydrogen (secondary N) is 1. The maximum absolute atomic E-state index is 4.34. The van der Waals surface area contributed by atoms with Crippen LogP contribution in [0, 0.1) is 6.92 Å². The summed E-state index contributed by atoms with van der Waals surface area (Å²) in [5, 5.41) is 7.80. The molecular formula is C16H19N5. The van der Waals surface area contributed by atoms with Crippen LogP contribution in [-0.4, -0.2) is 19.3 Å². The Kier molecular flexibility index (Phi) is 3.83. The van der Waals surface area contributed by atoms with Gasteiger partial charge in [-0.3, -0.25) is 4.68 Å². The summed E-state index contributed by atoms with van der Waals surface area (Å²) < 4.78 is 3.85. The molecule has 108 valence electrons. The molecule has 0 spiro atoms. The van der Waals surface area contributed by atoms with E-state index in [-0.39, 0.29) is 0 Å². The first kappa shape index (κ1) is 13.6. The van der Waals surface area contributed by atoms with Gasteiger partial charge in [0, 0.05) is 50.0 Å². The molecule has 5 nitrogen and oxygen atoms in total. The van der Waals surface area contributed by atoms with Gasteiger partial charge in [-0.15, -0.1) is 0 Å². The van der Waals surface area contributed by atoms with Crippen LogP contribution in [0.3, 0.4) is 0 Å². The van der Waals surface area contributed by atoms with Crippen molar-refractivity contribution in [3.05, 3.63) is 66.0 Å². The molecule has 0 amide bonds. The minimum Gasteiger partial charge on any atom is -0.308 e. The van der Waals surface area contributed by atoms with Gasteiger partial charge in [-0.25, -0.2) is 4.98 Å². The van der Waals surface area contributed by atoms with Crippen molar-refractivity contribution < 1.29 is 0 Å². The molecule has 0 saturated carbocycles. The number of aryl methyl sites for hydroxylation is 2. The normalized spacial score (nSPS) is 11.0. The third-order valence-electron chi connectivity index (χ3n) is 3.50. The van der Waals surface area contributed by atoms with Gasteiger partial charge in [-0.05, 0) is 24.6 Å². The highest BCUT2D eigenvalue weighted by Gasteiger charge is 2.02. The van der Waals surface area contributed by atoms with Crippen molar-refractivity contribution in [2.45, 2.75) is 20.0 Å². The summed E-state index contributed by atoms with van der Waals surface area (Å²) in [6.45, 7) is 3.72. The molecule has 0 fully saturated rings. The number of hydrogen-bond acceptors (Lipinski definition) is 3. The predicted molar refractivity (Wildman–Crippen MR) is 82.1 cm³/mol. The standard InChI is InChI=1S/C16H19N5/c1-13-15(11-20(2)19-13)10-18-9-14-3-5-16(6-4-14)21-8-7-17-12-21/h3-8,11-12,18H,9-10H2,1-2H3. The quantitative estimate of drug-likeness (QED) is 0.780. The van der Waals surface area contributed by atoms with Crippen molar-refractivity contribution in [1.82, 2.24) is 24.6 Å². The first-order valence-electron chi connectivity index (χ1n) is 6.99. The molecule has 0 atom stereocenters. The Morgan fingerprint density at radius 2 is 1.95 bits per heavy atom. The van der Waals surface area contributed by atoms with Gasteiger partial charge in [-0.2, -0.15) is 5.10 Å². The van der Waals surface area contributed by atoms with Crippen molar-refractivity contribution >= 4 is 0 Å². The number of rotatable bonds is 5. The van der Waals surface area contributed by atoms with Crippen molar-refractivity contribution in [2.24, 2.45) is 7.05 Å². The lowest BCUT2D eigenvalue weighted by molar-refractivity contribution is 0.690. The summed E-state index contributed by atoms with van der Waals surface area (Å²) in [7, 11) is 1.95. The lowest BCUT2D eigenvalue weighted by atomic mass is 10.2. The van der Waals surface area contributed by atoms with Crippen LogP contribution >= 0.6 is 0 Å². The minimum atomic E-state index is 0.836. The van der Waals surface area contributed by atoms with Gasteiger partial charge in [0.05, 0.1) is 12.0 Å². The van der Waals surface area contributed by atoms with E-state index in [2.05, 4.69) is 45.9 Å². The summed E-state index contributed by atoms with van der Waals surface area (Å²) in [6.07, 6.45) is 7.59. The Morgan fingerprint density at radius 1 is 1.14 bits per heavy atom. The van der Waals surface area contributed by atoms with E-state index < -0.39 is 0 Å². The molecule has 0 saturated heterocycles. The molecule has 0 aliphatic carbocycles. The van der Waals surface area contributed by atoms with E-state index >= 15 is 0 Å². The second-order valence-electron chi connectivity index (χ2n) is 5.15. The van der Waals surface area contributed by atoms with Crippen LogP contribution in [0.15, 0.2) is 49.2 Å². The topological polar surface area (TPSA) is 47.7 Å². The second-order valence-corrected chi connectivity index (χ2v) is 5.15. The zero-order valence-electron chi connectivity index (χ0n) is 12.3. The van der Waals surface area contributed by atoms with E-state index in [1.54, 1.807) is 12.5 Å². The van der Waals surface area contributed by atoms with Crippen LogP contribution in [0.4, 0.5) is 0 Å². The summed E-state index contributed by atoms with van der Waals surface area (Å²) >= 11 is 0. The molecule has 21 heavy (non-hydrogen) atoms. The average Bonchev–Trinajstić information content (AvgIpc) is 3.10. The lowest BCUT2D eigenvalue weighted by Gasteiger charge is -2.06. The summed E-state index contributed by atoms with van der Waals surface area (Å²) in [6, 6.07) is 8.49. The third kappa shape index (κ3) is 3.20. The molecule has 0 unspecified atom stereocenters. The van der Waals surface area contributed by atoms with E-state index in [0.717, 1.165) is 24.5 Å². The SMILES string of the molecule is Cc1nn(C)cc1CNCc1ccc(-n2ccnc2)cc1. The molecule has 1 aromatic carbocycles. The highest BCUT2D eigenvalue weighted by atomic mass is 15.2. The third-order valence-corrected chi connectivity index (χ3v) is 3.50. The molecule has 2 aromatic heterocycles. The highest BCUT2D eigenvalue weighted by molar-refractivity contribution is 5.34. The summed E-state index contributed by atoms with van der Waals surface area (Å²) in [5.74, 6) is 0. The van der Waals surface area contributed by atoms with Gasteiger partial charge in [0.1, 0.15) is 0 Å². The Bertz CT molecular complexity index is 695. The van der Waals surface area contributed by atoms with Crippen molar-refractivity contribution in [3.8, 4) is 5.69 Å². The fourth-order valence-electron chi connectivity index (χ4n) is 2.36. The molecule has 1 N–H and O–H groups in total. The van der Waals surface area contributed by atoms with Gasteiger partial charge in [0.25, 0.3) is 0 Å². The largest absolute Gasteiger partial charge is 0.308 e. The van der Waals surface area contributed by atoms with Crippen LogP contribution in [0.5, 0.6) is 0 Å². The first-order valence-corrected chi connectivity index (χ1v) is 6.99. The molecule has 0 aliphatic rings. The highest BCUT2D eigenvalue weighted by Crippen LogP contribution is 2.10. The molecule has 0 radical (unpaired) electrons. The Labute approximate surface area is 124 Å². The maximum atomic E-state index is 4.34. The Hall–Kier alpha value is -2.40. The van der Waals surface area contributed by atoms with Crippen molar-refractivity contribution in [2.75, 3.05) is 0 Å². The van der Waals surface area contributed by atoms with E-state index in [1.807, 2.05) is 29.4 Å². The van der Waals surface area contributed by atoms with E-state index in [4.69, 9.17) is 0 Å². The zero-order chi connectivity index (χ0) is 14.7. The molecular weight excluding hydrogens is 262 g/mol. The van der Waals surface area contributed by atoms with Crippen LogP contribution in [0.2, 0.25) is 0 Å². The molecule has 0 aliphatic heterocycles. The number of nitrogens with zero attached hydrogens (tertiary/aromatic N) is 4. The van der Waals surface area contributed by atoms with E-state index in [0.29, 0.717) is 0 Å². The van der Waals surface area contributed by atoms with Crippen LogP contribution in [0.1, 0.15) is 16.8 Å². The van der Waals surface area contributed by atoms with Crippen LogP contribution in [-0.2, 0) is 20.1 Å². The number of imidazole rings is 1. The van der Waals surface area contributed by atoms with Gasteiger partial charge in [0.2, 0.25) is 0 Å². The fourth-order valence-corrected chi connectivity index (χ4v) is 2.36. The Morgan fingerprint density at radius 3 is 2.57 bits per heavy atom. The molecule has 3 aromatic rings. The first-order chi connectivity index (χ1) is 10.2. The smallest absolute Gasteiger partial charge is 0.0991 e. The van der Waals surface area contributed by atoms with Crippen molar-refractivity contribution in [3.63, 3.8) is 0 Å². The van der Waals surface area contributed by atoms with Crippen molar-refractivity contribution in [1.29, 1.82) is 0 Å². The number of aromatic nitrogens is 4. The second kappa shape index (κ2) is 5.93.